The molecule has 2 heterocycles. The Balaban J connectivity index is 0.00000312. The summed E-state index contributed by atoms with van der Waals surface area (Å²) in [6.45, 7) is 10.2. The molecule has 25 heavy (non-hydrogen) atoms. The van der Waals surface area contributed by atoms with E-state index in [0.717, 1.165) is 50.9 Å². The smallest absolute Gasteiger partial charge is 0.194 e. The van der Waals surface area contributed by atoms with E-state index in [9.17, 15) is 0 Å². The standard InChI is InChI=1S/C16H29N5O3.HI/c1-3-17-16(18-5-11-23-13-12-22-2)21-8-6-20(7-9-21)14-15-4-10-24-19-15;/h4,10H,3,5-9,11-14H2,1-2H3,(H,17,18);1H. The lowest BCUT2D eigenvalue weighted by atomic mass is 10.3. The highest BCUT2D eigenvalue weighted by Crippen LogP contribution is 2.07. The highest BCUT2D eigenvalue weighted by atomic mass is 127. The van der Waals surface area contributed by atoms with Gasteiger partial charge in [0, 0.05) is 52.4 Å². The van der Waals surface area contributed by atoms with Crippen LogP contribution in [0.3, 0.4) is 0 Å². The SMILES string of the molecule is CCNC(=NCCOCCOC)N1CCN(Cc2ccon2)CC1.I. The van der Waals surface area contributed by atoms with Crippen molar-refractivity contribution in [3.05, 3.63) is 18.0 Å². The summed E-state index contributed by atoms with van der Waals surface area (Å²) in [6.07, 6.45) is 1.62. The lowest BCUT2D eigenvalue weighted by molar-refractivity contribution is 0.0746. The zero-order valence-corrected chi connectivity index (χ0v) is 17.5. The first-order chi connectivity index (χ1) is 11.8. The zero-order chi connectivity index (χ0) is 17.0. The fourth-order valence-corrected chi connectivity index (χ4v) is 2.55. The Morgan fingerprint density at radius 2 is 2.08 bits per heavy atom. The molecule has 0 unspecified atom stereocenters. The molecular weight excluding hydrogens is 437 g/mol. The summed E-state index contributed by atoms with van der Waals surface area (Å²) in [7, 11) is 1.67. The summed E-state index contributed by atoms with van der Waals surface area (Å²) in [5, 5.41) is 7.34. The third-order valence-corrected chi connectivity index (χ3v) is 3.81. The highest BCUT2D eigenvalue weighted by molar-refractivity contribution is 14.0. The number of guanidine groups is 1. The van der Waals surface area contributed by atoms with Crippen LogP contribution < -0.4 is 5.32 Å². The van der Waals surface area contributed by atoms with Crippen molar-refractivity contribution in [1.82, 2.24) is 20.3 Å². The molecule has 0 atom stereocenters. The third kappa shape index (κ3) is 8.34. The van der Waals surface area contributed by atoms with Crippen molar-refractivity contribution in [3.8, 4) is 0 Å². The molecule has 0 saturated carbocycles. The summed E-state index contributed by atoms with van der Waals surface area (Å²) in [6, 6.07) is 1.92. The lowest BCUT2D eigenvalue weighted by Gasteiger charge is -2.36. The van der Waals surface area contributed by atoms with Crippen LogP contribution in [-0.2, 0) is 16.0 Å². The van der Waals surface area contributed by atoms with E-state index in [4.69, 9.17) is 14.0 Å². The van der Waals surface area contributed by atoms with Crippen LogP contribution in [0.4, 0.5) is 0 Å². The fraction of sp³-hybridized carbons (Fsp3) is 0.750. The summed E-state index contributed by atoms with van der Waals surface area (Å²) in [4.78, 5) is 9.34. The first-order valence-corrected chi connectivity index (χ1v) is 8.55. The Labute approximate surface area is 166 Å². The number of hydrogen-bond donors (Lipinski definition) is 1. The molecule has 1 N–H and O–H groups in total. The van der Waals surface area contributed by atoms with Crippen molar-refractivity contribution in [2.24, 2.45) is 4.99 Å². The van der Waals surface area contributed by atoms with Gasteiger partial charge in [-0.05, 0) is 6.92 Å². The van der Waals surface area contributed by atoms with Crippen LogP contribution in [0.15, 0.2) is 21.8 Å². The van der Waals surface area contributed by atoms with Gasteiger partial charge in [-0.15, -0.1) is 24.0 Å². The minimum absolute atomic E-state index is 0. The van der Waals surface area contributed by atoms with Gasteiger partial charge in [0.1, 0.15) is 6.26 Å². The molecule has 1 aromatic heterocycles. The number of piperazine rings is 1. The van der Waals surface area contributed by atoms with Crippen molar-refractivity contribution in [2.45, 2.75) is 13.5 Å². The maximum Gasteiger partial charge on any atom is 0.194 e. The van der Waals surface area contributed by atoms with Crippen molar-refractivity contribution in [3.63, 3.8) is 0 Å². The average molecular weight is 467 g/mol. The predicted octanol–water partition coefficient (Wildman–Crippen LogP) is 1.04. The first kappa shape index (κ1) is 22.1. The lowest BCUT2D eigenvalue weighted by Crippen LogP contribution is -2.52. The van der Waals surface area contributed by atoms with Gasteiger partial charge >= 0.3 is 0 Å². The zero-order valence-electron chi connectivity index (χ0n) is 15.1. The summed E-state index contributed by atoms with van der Waals surface area (Å²) >= 11 is 0. The topological polar surface area (TPSA) is 75.4 Å². The van der Waals surface area contributed by atoms with Crippen molar-refractivity contribution >= 4 is 29.9 Å². The number of hydrogen-bond acceptors (Lipinski definition) is 6. The molecule has 1 fully saturated rings. The molecule has 1 aliphatic heterocycles. The number of methoxy groups -OCH3 is 1. The van der Waals surface area contributed by atoms with Gasteiger partial charge in [0.2, 0.25) is 0 Å². The molecule has 144 valence electrons. The molecule has 0 aromatic carbocycles. The summed E-state index contributed by atoms with van der Waals surface area (Å²) in [5.41, 5.74) is 0.984. The van der Waals surface area contributed by atoms with Crippen LogP contribution >= 0.6 is 24.0 Å². The van der Waals surface area contributed by atoms with Gasteiger partial charge in [-0.25, -0.2) is 0 Å². The van der Waals surface area contributed by atoms with E-state index in [1.54, 1.807) is 13.4 Å². The summed E-state index contributed by atoms with van der Waals surface area (Å²) in [5.74, 6) is 0.967. The quantitative estimate of drug-likeness (QED) is 0.252. The molecule has 0 spiro atoms. The maximum atomic E-state index is 5.46. The number of aliphatic imine (C=N–C) groups is 1. The van der Waals surface area contributed by atoms with Gasteiger partial charge in [-0.2, -0.15) is 0 Å². The van der Waals surface area contributed by atoms with Crippen LogP contribution in [0.25, 0.3) is 0 Å². The molecule has 0 amide bonds. The number of halogens is 1. The second-order valence-electron chi connectivity index (χ2n) is 5.59. The molecule has 1 aliphatic rings. The Hall–Kier alpha value is -0.910. The monoisotopic (exact) mass is 467 g/mol. The van der Waals surface area contributed by atoms with Crippen LogP contribution in [0.2, 0.25) is 0 Å². The van der Waals surface area contributed by atoms with Crippen molar-refractivity contribution in [1.29, 1.82) is 0 Å². The number of nitrogens with one attached hydrogen (secondary N) is 1. The molecule has 1 aromatic rings. The van der Waals surface area contributed by atoms with Gasteiger partial charge < -0.3 is 24.2 Å². The molecule has 2 rings (SSSR count). The second kappa shape index (κ2) is 13.3. The predicted molar refractivity (Wildman–Crippen MR) is 107 cm³/mol. The van der Waals surface area contributed by atoms with E-state index in [-0.39, 0.29) is 24.0 Å². The molecule has 8 nitrogen and oxygen atoms in total. The molecule has 0 radical (unpaired) electrons. The van der Waals surface area contributed by atoms with Crippen LogP contribution in [0.5, 0.6) is 0 Å². The van der Waals surface area contributed by atoms with Crippen LogP contribution in [0, 0.1) is 0 Å². The summed E-state index contributed by atoms with van der Waals surface area (Å²) < 4.78 is 15.3. The van der Waals surface area contributed by atoms with Crippen LogP contribution in [0.1, 0.15) is 12.6 Å². The van der Waals surface area contributed by atoms with Gasteiger partial charge in [0.15, 0.2) is 5.96 Å². The van der Waals surface area contributed by atoms with Crippen molar-refractivity contribution < 1.29 is 14.0 Å². The van der Waals surface area contributed by atoms with Gasteiger partial charge in [0.25, 0.3) is 0 Å². The van der Waals surface area contributed by atoms with Crippen LogP contribution in [-0.4, -0.2) is 87.1 Å². The van der Waals surface area contributed by atoms with Gasteiger partial charge in [-0.1, -0.05) is 5.16 Å². The van der Waals surface area contributed by atoms with Gasteiger partial charge in [-0.3, -0.25) is 9.89 Å². The Morgan fingerprint density at radius 3 is 2.72 bits per heavy atom. The minimum atomic E-state index is 0. The van der Waals surface area contributed by atoms with Crippen molar-refractivity contribution in [2.75, 3.05) is 66.2 Å². The highest BCUT2D eigenvalue weighted by Gasteiger charge is 2.20. The Morgan fingerprint density at radius 1 is 1.28 bits per heavy atom. The molecule has 9 heteroatoms. The Kier molecular flexibility index (Phi) is 11.8. The van der Waals surface area contributed by atoms with E-state index < -0.39 is 0 Å². The average Bonchev–Trinajstić information content (AvgIpc) is 3.11. The second-order valence-corrected chi connectivity index (χ2v) is 5.59. The normalized spacial score (nSPS) is 15.9. The van der Waals surface area contributed by atoms with Gasteiger partial charge in [0.05, 0.1) is 32.1 Å². The fourth-order valence-electron chi connectivity index (χ4n) is 2.55. The minimum Gasteiger partial charge on any atom is -0.382 e. The number of ether oxygens (including phenoxy) is 2. The van der Waals surface area contributed by atoms with E-state index in [1.165, 1.54) is 0 Å². The molecular formula is C16H30IN5O3. The third-order valence-electron chi connectivity index (χ3n) is 3.81. The molecule has 1 saturated heterocycles. The number of nitrogens with zero attached hydrogens (tertiary/aromatic N) is 4. The van der Waals surface area contributed by atoms with E-state index in [0.29, 0.717) is 26.4 Å². The number of aromatic nitrogens is 1. The maximum absolute atomic E-state index is 5.46. The molecule has 0 aliphatic carbocycles. The van der Waals surface area contributed by atoms with E-state index in [1.807, 2.05) is 6.07 Å². The Bertz CT molecular complexity index is 464. The first-order valence-electron chi connectivity index (χ1n) is 8.55. The van der Waals surface area contributed by atoms with E-state index >= 15 is 0 Å². The largest absolute Gasteiger partial charge is 0.382 e. The van der Waals surface area contributed by atoms with E-state index in [2.05, 4.69) is 32.2 Å². The molecule has 0 bridgehead atoms. The number of rotatable bonds is 9.